The van der Waals surface area contributed by atoms with Crippen LogP contribution < -0.4 is 10.6 Å². The molecule has 0 heterocycles. The highest BCUT2D eigenvalue weighted by Gasteiger charge is 2.05. The third-order valence-electron chi connectivity index (χ3n) is 3.13. The van der Waals surface area contributed by atoms with E-state index in [-0.39, 0.29) is 5.91 Å². The smallest absolute Gasteiger partial charge is 0.233 e. The molecule has 0 bridgehead atoms. The molecule has 3 heteroatoms. The first-order valence-corrected chi connectivity index (χ1v) is 7.17. The number of hydrogen-bond donors (Lipinski definition) is 2. The summed E-state index contributed by atoms with van der Waals surface area (Å²) in [5, 5.41) is 6.13. The van der Waals surface area contributed by atoms with Crippen molar-refractivity contribution in [3.8, 4) is 0 Å². The van der Waals surface area contributed by atoms with Gasteiger partial charge in [-0.05, 0) is 38.7 Å². The largest absolute Gasteiger partial charge is 0.355 e. The van der Waals surface area contributed by atoms with Crippen LogP contribution in [0, 0.1) is 6.92 Å². The van der Waals surface area contributed by atoms with Crippen molar-refractivity contribution < 1.29 is 4.79 Å². The molecule has 0 aliphatic rings. The van der Waals surface area contributed by atoms with Gasteiger partial charge in [0.15, 0.2) is 0 Å². The molecule has 0 fully saturated rings. The Morgan fingerprint density at radius 2 is 2.16 bits per heavy atom. The van der Waals surface area contributed by atoms with Gasteiger partial charge in [0.05, 0.1) is 6.54 Å². The van der Waals surface area contributed by atoms with Crippen molar-refractivity contribution in [1.82, 2.24) is 10.6 Å². The molecule has 1 amide bonds. The van der Waals surface area contributed by atoms with Crippen LogP contribution in [-0.4, -0.2) is 25.0 Å². The number of aryl methyl sites for hydroxylation is 2. The van der Waals surface area contributed by atoms with E-state index in [0.717, 1.165) is 25.8 Å². The highest BCUT2D eigenvalue weighted by Crippen LogP contribution is 2.07. The molecule has 0 spiro atoms. The number of nitrogens with one attached hydrogen (secondary N) is 2. The quantitative estimate of drug-likeness (QED) is 0.755. The van der Waals surface area contributed by atoms with Gasteiger partial charge in [-0.3, -0.25) is 4.79 Å². The van der Waals surface area contributed by atoms with Crippen molar-refractivity contribution in [3.05, 3.63) is 35.4 Å². The topological polar surface area (TPSA) is 41.1 Å². The lowest BCUT2D eigenvalue weighted by molar-refractivity contribution is -0.120. The molecule has 0 saturated carbocycles. The lowest BCUT2D eigenvalue weighted by Crippen LogP contribution is -2.38. The van der Waals surface area contributed by atoms with Crippen molar-refractivity contribution in [2.24, 2.45) is 0 Å². The van der Waals surface area contributed by atoms with Gasteiger partial charge in [-0.1, -0.05) is 36.8 Å². The molecule has 1 rings (SSSR count). The zero-order valence-electron chi connectivity index (χ0n) is 12.3. The molecule has 1 atom stereocenters. The third kappa shape index (κ3) is 6.97. The first kappa shape index (κ1) is 15.7. The van der Waals surface area contributed by atoms with Crippen molar-refractivity contribution in [3.63, 3.8) is 0 Å². The van der Waals surface area contributed by atoms with Gasteiger partial charge in [0.1, 0.15) is 0 Å². The minimum absolute atomic E-state index is 0.0873. The molecule has 0 aliphatic carbocycles. The van der Waals surface area contributed by atoms with Crippen LogP contribution in [0.3, 0.4) is 0 Å². The summed E-state index contributed by atoms with van der Waals surface area (Å²) in [7, 11) is 0. The van der Waals surface area contributed by atoms with E-state index in [1.54, 1.807) is 0 Å². The zero-order chi connectivity index (χ0) is 14.1. The van der Waals surface area contributed by atoms with Crippen LogP contribution in [0.15, 0.2) is 24.3 Å². The number of carbonyl (C=O) groups is 1. The van der Waals surface area contributed by atoms with Crippen LogP contribution in [-0.2, 0) is 11.2 Å². The standard InChI is InChI=1S/C16H26N2O/c1-4-10-17-16(19)12-18-14(3)8-9-15-7-5-6-13(2)11-15/h5-7,11,14,18H,4,8-10,12H2,1-3H3,(H,17,19). The maximum atomic E-state index is 11.5. The number of rotatable bonds is 8. The first-order chi connectivity index (χ1) is 9.11. The maximum absolute atomic E-state index is 11.5. The Hall–Kier alpha value is -1.35. The maximum Gasteiger partial charge on any atom is 0.233 e. The molecule has 0 aromatic heterocycles. The zero-order valence-corrected chi connectivity index (χ0v) is 12.3. The summed E-state index contributed by atoms with van der Waals surface area (Å²) in [6, 6.07) is 8.95. The molecule has 106 valence electrons. The van der Waals surface area contributed by atoms with Gasteiger partial charge >= 0.3 is 0 Å². The minimum Gasteiger partial charge on any atom is -0.355 e. The van der Waals surface area contributed by atoms with Crippen LogP contribution in [0.2, 0.25) is 0 Å². The highest BCUT2D eigenvalue weighted by atomic mass is 16.1. The van der Waals surface area contributed by atoms with Crippen LogP contribution in [0.5, 0.6) is 0 Å². The Bertz CT molecular complexity index is 390. The number of benzene rings is 1. The Morgan fingerprint density at radius 3 is 2.84 bits per heavy atom. The number of carbonyl (C=O) groups excluding carboxylic acids is 1. The van der Waals surface area contributed by atoms with Gasteiger partial charge in [-0.25, -0.2) is 0 Å². The van der Waals surface area contributed by atoms with E-state index in [2.05, 4.69) is 55.7 Å². The molecular weight excluding hydrogens is 236 g/mol. The molecule has 2 N–H and O–H groups in total. The summed E-state index contributed by atoms with van der Waals surface area (Å²) in [4.78, 5) is 11.5. The normalized spacial score (nSPS) is 12.2. The highest BCUT2D eigenvalue weighted by molar-refractivity contribution is 5.77. The molecule has 0 aliphatic heterocycles. The van der Waals surface area contributed by atoms with Crippen LogP contribution in [0.25, 0.3) is 0 Å². The second-order valence-electron chi connectivity index (χ2n) is 5.16. The molecular formula is C16H26N2O. The number of amides is 1. The van der Waals surface area contributed by atoms with Crippen LogP contribution >= 0.6 is 0 Å². The first-order valence-electron chi connectivity index (χ1n) is 7.17. The summed E-state index contributed by atoms with van der Waals surface area (Å²) in [6.07, 6.45) is 3.07. The van der Waals surface area contributed by atoms with Crippen LogP contribution in [0.4, 0.5) is 0 Å². The van der Waals surface area contributed by atoms with E-state index in [9.17, 15) is 4.79 Å². The van der Waals surface area contributed by atoms with Crippen molar-refractivity contribution >= 4 is 5.91 Å². The van der Waals surface area contributed by atoms with Crippen molar-refractivity contribution in [2.75, 3.05) is 13.1 Å². The van der Waals surface area contributed by atoms with Gasteiger partial charge in [0, 0.05) is 12.6 Å². The van der Waals surface area contributed by atoms with E-state index in [1.165, 1.54) is 11.1 Å². The van der Waals surface area contributed by atoms with Gasteiger partial charge < -0.3 is 10.6 Å². The van der Waals surface area contributed by atoms with E-state index in [0.29, 0.717) is 12.6 Å². The van der Waals surface area contributed by atoms with E-state index < -0.39 is 0 Å². The molecule has 0 saturated heterocycles. The Morgan fingerprint density at radius 1 is 1.37 bits per heavy atom. The van der Waals surface area contributed by atoms with E-state index in [4.69, 9.17) is 0 Å². The molecule has 0 radical (unpaired) electrons. The molecule has 1 aromatic carbocycles. The van der Waals surface area contributed by atoms with Gasteiger partial charge in [-0.15, -0.1) is 0 Å². The molecule has 1 unspecified atom stereocenters. The van der Waals surface area contributed by atoms with E-state index in [1.807, 2.05) is 0 Å². The fraction of sp³-hybridized carbons (Fsp3) is 0.562. The monoisotopic (exact) mass is 262 g/mol. The Balaban J connectivity index is 2.21. The summed E-state index contributed by atoms with van der Waals surface area (Å²) < 4.78 is 0. The molecule has 3 nitrogen and oxygen atoms in total. The summed E-state index contributed by atoms with van der Waals surface area (Å²) in [6.45, 7) is 7.47. The third-order valence-corrected chi connectivity index (χ3v) is 3.13. The second kappa shape index (κ2) is 8.70. The van der Waals surface area contributed by atoms with E-state index >= 15 is 0 Å². The molecule has 19 heavy (non-hydrogen) atoms. The van der Waals surface area contributed by atoms with Gasteiger partial charge in [-0.2, -0.15) is 0 Å². The predicted octanol–water partition coefficient (Wildman–Crippen LogP) is 2.43. The van der Waals surface area contributed by atoms with Gasteiger partial charge in [0.2, 0.25) is 5.91 Å². The fourth-order valence-corrected chi connectivity index (χ4v) is 1.95. The van der Waals surface area contributed by atoms with Crippen molar-refractivity contribution in [2.45, 2.75) is 46.1 Å². The lowest BCUT2D eigenvalue weighted by atomic mass is 10.0. The summed E-state index contributed by atoms with van der Waals surface area (Å²) in [5.74, 6) is 0.0873. The summed E-state index contributed by atoms with van der Waals surface area (Å²) >= 11 is 0. The average Bonchev–Trinajstić information content (AvgIpc) is 2.40. The average molecular weight is 262 g/mol. The minimum atomic E-state index is 0.0873. The Labute approximate surface area is 116 Å². The van der Waals surface area contributed by atoms with Crippen molar-refractivity contribution in [1.29, 1.82) is 0 Å². The van der Waals surface area contributed by atoms with Gasteiger partial charge in [0.25, 0.3) is 0 Å². The lowest BCUT2D eigenvalue weighted by Gasteiger charge is -2.13. The number of hydrogen-bond acceptors (Lipinski definition) is 2. The fourth-order valence-electron chi connectivity index (χ4n) is 1.95. The van der Waals surface area contributed by atoms with Crippen LogP contribution in [0.1, 0.15) is 37.8 Å². The predicted molar refractivity (Wildman–Crippen MR) is 80.3 cm³/mol. The SMILES string of the molecule is CCCNC(=O)CNC(C)CCc1cccc(C)c1. The summed E-state index contributed by atoms with van der Waals surface area (Å²) in [5.41, 5.74) is 2.67. The Kier molecular flexibility index (Phi) is 7.19. The second-order valence-corrected chi connectivity index (χ2v) is 5.16. The molecule has 1 aromatic rings.